The molecule has 1 aromatic heterocycles. The number of rotatable bonds is 5. The Morgan fingerprint density at radius 2 is 2.08 bits per heavy atom. The zero-order valence-electron chi connectivity index (χ0n) is 13.1. The lowest BCUT2D eigenvalue weighted by molar-refractivity contribution is -0.115. The van der Waals surface area contributed by atoms with Crippen LogP contribution in [0.5, 0.6) is 0 Å². The SMILES string of the molecule is O=C(Nc1ccccc1NCC(F)(F)F)c1cn([C@H]2CCOC2)nn1. The largest absolute Gasteiger partial charge is 0.405 e. The van der Waals surface area contributed by atoms with E-state index in [4.69, 9.17) is 4.74 Å². The van der Waals surface area contributed by atoms with Gasteiger partial charge in [-0.05, 0) is 18.6 Å². The lowest BCUT2D eigenvalue weighted by Gasteiger charge is -2.13. The van der Waals surface area contributed by atoms with E-state index in [9.17, 15) is 18.0 Å². The van der Waals surface area contributed by atoms with Crippen LogP contribution in [0.1, 0.15) is 23.0 Å². The molecule has 0 unspecified atom stereocenters. The van der Waals surface area contributed by atoms with Crippen LogP contribution in [-0.2, 0) is 4.74 Å². The minimum absolute atomic E-state index is 0.0368. The molecule has 1 fully saturated rings. The fourth-order valence-corrected chi connectivity index (χ4v) is 2.42. The molecule has 3 rings (SSSR count). The molecule has 134 valence electrons. The van der Waals surface area contributed by atoms with Crippen LogP contribution in [0, 0.1) is 0 Å². The molecule has 1 aliphatic rings. The molecule has 1 amide bonds. The first-order chi connectivity index (χ1) is 11.9. The summed E-state index contributed by atoms with van der Waals surface area (Å²) in [7, 11) is 0. The Bertz CT molecular complexity index is 741. The lowest BCUT2D eigenvalue weighted by atomic mass is 10.2. The summed E-state index contributed by atoms with van der Waals surface area (Å²) in [5.74, 6) is -0.550. The van der Waals surface area contributed by atoms with Crippen LogP contribution in [-0.4, -0.2) is 46.8 Å². The van der Waals surface area contributed by atoms with Crippen molar-refractivity contribution in [2.75, 3.05) is 30.4 Å². The Hall–Kier alpha value is -2.62. The summed E-state index contributed by atoms with van der Waals surface area (Å²) >= 11 is 0. The average molecular weight is 355 g/mol. The standard InChI is InChI=1S/C15H16F3N5O2/c16-15(17,18)9-19-11-3-1-2-4-12(11)20-14(24)13-7-23(22-21-13)10-5-6-25-8-10/h1-4,7,10,19H,5-6,8-9H2,(H,20,24)/t10-/m0/s1. The Kier molecular flexibility index (Phi) is 4.88. The molecule has 0 saturated carbocycles. The van der Waals surface area contributed by atoms with Gasteiger partial charge >= 0.3 is 6.18 Å². The van der Waals surface area contributed by atoms with Crippen molar-refractivity contribution in [3.63, 3.8) is 0 Å². The van der Waals surface area contributed by atoms with Crippen molar-refractivity contribution in [2.45, 2.75) is 18.6 Å². The van der Waals surface area contributed by atoms with E-state index < -0.39 is 18.6 Å². The average Bonchev–Trinajstić information content (AvgIpc) is 3.24. The van der Waals surface area contributed by atoms with Gasteiger partial charge in [0.25, 0.3) is 5.91 Å². The molecule has 2 aromatic rings. The van der Waals surface area contributed by atoms with Gasteiger partial charge in [-0.25, -0.2) is 4.68 Å². The molecule has 10 heteroatoms. The van der Waals surface area contributed by atoms with Crippen LogP contribution in [0.25, 0.3) is 0 Å². The highest BCUT2D eigenvalue weighted by Gasteiger charge is 2.27. The molecule has 2 heterocycles. The number of benzene rings is 1. The first-order valence-electron chi connectivity index (χ1n) is 7.63. The summed E-state index contributed by atoms with van der Waals surface area (Å²) in [6, 6.07) is 6.18. The molecule has 1 atom stereocenters. The number of nitrogens with zero attached hydrogens (tertiary/aromatic N) is 3. The Morgan fingerprint density at radius 1 is 1.32 bits per heavy atom. The Labute approximate surface area is 141 Å². The second kappa shape index (κ2) is 7.09. The van der Waals surface area contributed by atoms with Gasteiger partial charge in [-0.1, -0.05) is 17.3 Å². The van der Waals surface area contributed by atoms with Gasteiger partial charge < -0.3 is 15.4 Å². The number of carbonyl (C=O) groups excluding carboxylic acids is 1. The maximum atomic E-state index is 12.4. The third-order valence-corrected chi connectivity index (χ3v) is 3.68. The van der Waals surface area contributed by atoms with E-state index in [0.717, 1.165) is 6.42 Å². The minimum Gasteiger partial charge on any atom is -0.379 e. The molecular formula is C15H16F3N5O2. The van der Waals surface area contributed by atoms with E-state index in [2.05, 4.69) is 20.9 Å². The van der Waals surface area contributed by atoms with E-state index in [1.54, 1.807) is 16.8 Å². The number of anilines is 2. The predicted molar refractivity (Wildman–Crippen MR) is 83.4 cm³/mol. The zero-order valence-corrected chi connectivity index (χ0v) is 13.1. The van der Waals surface area contributed by atoms with Crippen LogP contribution >= 0.6 is 0 Å². The van der Waals surface area contributed by atoms with E-state index >= 15 is 0 Å². The number of hydrogen-bond acceptors (Lipinski definition) is 5. The molecule has 0 bridgehead atoms. The highest BCUT2D eigenvalue weighted by molar-refractivity contribution is 6.04. The number of halogens is 3. The van der Waals surface area contributed by atoms with E-state index in [-0.39, 0.29) is 23.1 Å². The van der Waals surface area contributed by atoms with Gasteiger partial charge in [-0.2, -0.15) is 13.2 Å². The van der Waals surface area contributed by atoms with Gasteiger partial charge in [0.15, 0.2) is 5.69 Å². The highest BCUT2D eigenvalue weighted by atomic mass is 19.4. The van der Waals surface area contributed by atoms with E-state index in [1.807, 2.05) is 0 Å². The van der Waals surface area contributed by atoms with Crippen molar-refractivity contribution < 1.29 is 22.7 Å². The molecule has 1 aliphatic heterocycles. The van der Waals surface area contributed by atoms with Gasteiger partial charge in [-0.15, -0.1) is 5.10 Å². The van der Waals surface area contributed by atoms with Gasteiger partial charge in [0.05, 0.1) is 30.2 Å². The number of amides is 1. The normalized spacial score (nSPS) is 17.5. The van der Waals surface area contributed by atoms with Crippen molar-refractivity contribution in [2.24, 2.45) is 0 Å². The van der Waals surface area contributed by atoms with Crippen molar-refractivity contribution in [1.82, 2.24) is 15.0 Å². The second-order valence-electron chi connectivity index (χ2n) is 5.57. The third-order valence-electron chi connectivity index (χ3n) is 3.68. The van der Waals surface area contributed by atoms with Crippen LogP contribution < -0.4 is 10.6 Å². The summed E-state index contributed by atoms with van der Waals surface area (Å²) in [4.78, 5) is 12.3. The summed E-state index contributed by atoms with van der Waals surface area (Å²) < 4.78 is 43.9. The molecule has 0 aliphatic carbocycles. The predicted octanol–water partition coefficient (Wildman–Crippen LogP) is 2.47. The van der Waals surface area contributed by atoms with Crippen LogP contribution in [0.3, 0.4) is 0 Å². The van der Waals surface area contributed by atoms with Crippen molar-refractivity contribution in [3.8, 4) is 0 Å². The number of alkyl halides is 3. The van der Waals surface area contributed by atoms with Gasteiger partial charge in [0, 0.05) is 6.61 Å². The summed E-state index contributed by atoms with van der Waals surface area (Å²) in [5, 5.41) is 12.5. The summed E-state index contributed by atoms with van der Waals surface area (Å²) in [6.45, 7) is -0.0589. The van der Waals surface area contributed by atoms with Gasteiger partial charge in [0.2, 0.25) is 0 Å². The first kappa shape index (κ1) is 17.2. The van der Waals surface area contributed by atoms with Crippen molar-refractivity contribution in [1.29, 1.82) is 0 Å². The highest BCUT2D eigenvalue weighted by Crippen LogP contribution is 2.24. The van der Waals surface area contributed by atoms with Gasteiger partial charge in [-0.3, -0.25) is 4.79 Å². The van der Waals surface area contributed by atoms with Gasteiger partial charge in [0.1, 0.15) is 6.54 Å². The van der Waals surface area contributed by atoms with Crippen LogP contribution in [0.2, 0.25) is 0 Å². The fourth-order valence-electron chi connectivity index (χ4n) is 2.42. The Morgan fingerprint density at radius 3 is 2.76 bits per heavy atom. The Balaban J connectivity index is 1.68. The number of carbonyl (C=O) groups is 1. The van der Waals surface area contributed by atoms with Crippen LogP contribution in [0.15, 0.2) is 30.5 Å². The van der Waals surface area contributed by atoms with Crippen LogP contribution in [0.4, 0.5) is 24.5 Å². The fraction of sp³-hybridized carbons (Fsp3) is 0.400. The zero-order chi connectivity index (χ0) is 17.9. The summed E-state index contributed by atoms with van der Waals surface area (Å²) in [6.07, 6.45) is -2.07. The molecule has 0 spiro atoms. The number of aromatic nitrogens is 3. The lowest BCUT2D eigenvalue weighted by Crippen LogP contribution is -2.22. The third kappa shape index (κ3) is 4.47. The monoisotopic (exact) mass is 355 g/mol. The van der Waals surface area contributed by atoms with E-state index in [0.29, 0.717) is 13.2 Å². The molecule has 2 N–H and O–H groups in total. The quantitative estimate of drug-likeness (QED) is 0.861. The molecular weight excluding hydrogens is 339 g/mol. The smallest absolute Gasteiger partial charge is 0.379 e. The maximum absolute atomic E-state index is 12.4. The first-order valence-corrected chi connectivity index (χ1v) is 7.63. The van der Waals surface area contributed by atoms with E-state index in [1.165, 1.54) is 18.3 Å². The molecule has 0 radical (unpaired) electrons. The summed E-state index contributed by atoms with van der Waals surface area (Å²) in [5.41, 5.74) is 0.484. The second-order valence-corrected chi connectivity index (χ2v) is 5.57. The minimum atomic E-state index is -4.36. The van der Waals surface area contributed by atoms with Crippen molar-refractivity contribution in [3.05, 3.63) is 36.2 Å². The maximum Gasteiger partial charge on any atom is 0.405 e. The molecule has 7 nitrogen and oxygen atoms in total. The molecule has 25 heavy (non-hydrogen) atoms. The molecule has 1 aromatic carbocycles. The molecule has 1 saturated heterocycles. The number of nitrogens with one attached hydrogen (secondary N) is 2. The number of para-hydroxylation sites is 2. The number of hydrogen-bond donors (Lipinski definition) is 2. The number of ether oxygens (including phenoxy) is 1. The van der Waals surface area contributed by atoms with Crippen molar-refractivity contribution >= 4 is 17.3 Å². The topological polar surface area (TPSA) is 81.1 Å².